The molecule has 1 aliphatic rings. The zero-order valence-corrected chi connectivity index (χ0v) is 11.0. The molecule has 0 aliphatic carbocycles. The lowest BCUT2D eigenvalue weighted by atomic mass is 9.97. The maximum Gasteiger partial charge on any atom is 0.309 e. The van der Waals surface area contributed by atoms with Crippen LogP contribution in [0.25, 0.3) is 0 Å². The predicted octanol–water partition coefficient (Wildman–Crippen LogP) is 0.953. The van der Waals surface area contributed by atoms with Gasteiger partial charge in [-0.25, -0.2) is 0 Å². The van der Waals surface area contributed by atoms with Gasteiger partial charge in [-0.05, 0) is 31.3 Å². The Kier molecular flexibility index (Phi) is 4.24. The molecular weight excluding hydrogens is 254 g/mol. The van der Waals surface area contributed by atoms with Crippen LogP contribution in [0.4, 0.5) is 0 Å². The monoisotopic (exact) mass is 269 g/mol. The molecule has 18 heavy (non-hydrogen) atoms. The van der Waals surface area contributed by atoms with Gasteiger partial charge in [0.05, 0.1) is 12.5 Å². The largest absolute Gasteiger partial charge is 0.466 e. The number of likely N-dealkylation sites (tertiary alicyclic amines) is 1. The van der Waals surface area contributed by atoms with Crippen molar-refractivity contribution in [3.8, 4) is 0 Å². The van der Waals surface area contributed by atoms with E-state index in [1.165, 1.54) is 0 Å². The Morgan fingerprint density at radius 1 is 1.50 bits per heavy atom. The van der Waals surface area contributed by atoms with E-state index in [2.05, 4.69) is 9.59 Å². The average molecular weight is 269 g/mol. The van der Waals surface area contributed by atoms with Crippen LogP contribution in [0.3, 0.4) is 0 Å². The van der Waals surface area contributed by atoms with E-state index in [4.69, 9.17) is 4.74 Å². The first-order chi connectivity index (χ1) is 8.72. The van der Waals surface area contributed by atoms with Crippen LogP contribution in [0.5, 0.6) is 0 Å². The molecule has 1 aromatic rings. The van der Waals surface area contributed by atoms with Gasteiger partial charge in [0.15, 0.2) is 5.69 Å². The van der Waals surface area contributed by atoms with Gasteiger partial charge in [-0.2, -0.15) is 0 Å². The Labute approximate surface area is 109 Å². The highest BCUT2D eigenvalue weighted by molar-refractivity contribution is 7.03. The van der Waals surface area contributed by atoms with Gasteiger partial charge in [0.2, 0.25) is 0 Å². The number of carbonyl (C=O) groups is 2. The van der Waals surface area contributed by atoms with Crippen LogP contribution >= 0.6 is 11.5 Å². The summed E-state index contributed by atoms with van der Waals surface area (Å²) in [6, 6.07) is 0. The summed E-state index contributed by atoms with van der Waals surface area (Å²) >= 11 is 1.16. The minimum absolute atomic E-state index is 0.0810. The first kappa shape index (κ1) is 12.9. The van der Waals surface area contributed by atoms with Crippen LogP contribution in [0.1, 0.15) is 30.3 Å². The molecular formula is C11H15N3O3S. The third-order valence-electron chi connectivity index (χ3n) is 2.98. The van der Waals surface area contributed by atoms with E-state index in [1.807, 2.05) is 0 Å². The molecule has 1 aliphatic heterocycles. The average Bonchev–Trinajstić information content (AvgIpc) is 2.92. The zero-order chi connectivity index (χ0) is 13.0. The molecule has 1 saturated heterocycles. The number of nitrogens with zero attached hydrogens (tertiary/aromatic N) is 3. The van der Waals surface area contributed by atoms with Crippen molar-refractivity contribution in [3.05, 3.63) is 11.1 Å². The van der Waals surface area contributed by atoms with E-state index < -0.39 is 0 Å². The maximum absolute atomic E-state index is 12.0. The van der Waals surface area contributed by atoms with E-state index in [0.717, 1.165) is 11.5 Å². The fraction of sp³-hybridized carbons (Fsp3) is 0.636. The van der Waals surface area contributed by atoms with E-state index in [0.29, 0.717) is 38.2 Å². The molecule has 0 unspecified atom stereocenters. The third-order valence-corrected chi connectivity index (χ3v) is 3.49. The Morgan fingerprint density at radius 2 is 2.22 bits per heavy atom. The van der Waals surface area contributed by atoms with Gasteiger partial charge in [0, 0.05) is 18.5 Å². The highest BCUT2D eigenvalue weighted by atomic mass is 32.1. The quantitative estimate of drug-likeness (QED) is 0.764. The predicted molar refractivity (Wildman–Crippen MR) is 65.2 cm³/mol. The first-order valence-corrected chi connectivity index (χ1v) is 6.79. The highest BCUT2D eigenvalue weighted by Gasteiger charge is 2.29. The number of amides is 1. The van der Waals surface area contributed by atoms with Crippen molar-refractivity contribution in [2.45, 2.75) is 19.8 Å². The molecule has 2 heterocycles. The zero-order valence-electron chi connectivity index (χ0n) is 10.2. The molecule has 0 atom stereocenters. The Bertz CT molecular complexity index is 413. The lowest BCUT2D eigenvalue weighted by molar-refractivity contribution is -0.149. The molecule has 1 fully saturated rings. The molecule has 98 valence electrons. The summed E-state index contributed by atoms with van der Waals surface area (Å²) in [5.41, 5.74) is 0.384. The van der Waals surface area contributed by atoms with Crippen LogP contribution in [0.15, 0.2) is 5.38 Å². The minimum Gasteiger partial charge on any atom is -0.466 e. The number of carbonyl (C=O) groups excluding carboxylic acids is 2. The van der Waals surface area contributed by atoms with Crippen molar-refractivity contribution in [3.63, 3.8) is 0 Å². The fourth-order valence-electron chi connectivity index (χ4n) is 2.00. The number of ether oxygens (including phenoxy) is 1. The molecule has 0 bridgehead atoms. The molecule has 2 rings (SSSR count). The van der Waals surface area contributed by atoms with Crippen LogP contribution in [0, 0.1) is 5.92 Å². The van der Waals surface area contributed by atoms with E-state index >= 15 is 0 Å². The Hall–Kier alpha value is -1.50. The highest BCUT2D eigenvalue weighted by Crippen LogP contribution is 2.20. The van der Waals surface area contributed by atoms with Crippen molar-refractivity contribution in [1.29, 1.82) is 0 Å². The van der Waals surface area contributed by atoms with E-state index in [-0.39, 0.29) is 17.8 Å². The number of hydrogen-bond donors (Lipinski definition) is 0. The third kappa shape index (κ3) is 2.84. The topological polar surface area (TPSA) is 72.4 Å². The summed E-state index contributed by atoms with van der Waals surface area (Å²) in [7, 11) is 0. The second-order valence-corrected chi connectivity index (χ2v) is 4.72. The van der Waals surface area contributed by atoms with Crippen molar-refractivity contribution in [2.75, 3.05) is 19.7 Å². The first-order valence-electron chi connectivity index (χ1n) is 5.95. The van der Waals surface area contributed by atoms with E-state index in [1.54, 1.807) is 17.2 Å². The molecule has 0 aromatic carbocycles. The van der Waals surface area contributed by atoms with Crippen LogP contribution in [0.2, 0.25) is 0 Å². The maximum atomic E-state index is 12.0. The van der Waals surface area contributed by atoms with Gasteiger partial charge >= 0.3 is 5.97 Å². The molecule has 6 nitrogen and oxygen atoms in total. The van der Waals surface area contributed by atoms with Crippen molar-refractivity contribution >= 4 is 23.4 Å². The van der Waals surface area contributed by atoms with E-state index in [9.17, 15) is 9.59 Å². The Balaban J connectivity index is 1.87. The molecule has 7 heteroatoms. The van der Waals surface area contributed by atoms with Crippen LogP contribution in [-0.4, -0.2) is 46.1 Å². The fourth-order valence-corrected chi connectivity index (χ4v) is 2.43. The molecule has 1 aromatic heterocycles. The summed E-state index contributed by atoms with van der Waals surface area (Å²) in [6.07, 6.45) is 1.31. The van der Waals surface area contributed by atoms with Gasteiger partial charge in [0.1, 0.15) is 0 Å². The van der Waals surface area contributed by atoms with Crippen molar-refractivity contribution < 1.29 is 14.3 Å². The number of rotatable bonds is 3. The summed E-state index contributed by atoms with van der Waals surface area (Å²) < 4.78 is 8.66. The summed E-state index contributed by atoms with van der Waals surface area (Å²) in [5.74, 6) is -0.339. The lowest BCUT2D eigenvalue weighted by Crippen LogP contribution is -2.40. The van der Waals surface area contributed by atoms with Gasteiger partial charge in [0.25, 0.3) is 5.91 Å². The normalized spacial score (nSPS) is 16.6. The standard InChI is InChI=1S/C11H15N3O3S/c1-2-17-11(16)8-3-5-14(6-4-8)10(15)9-7-18-13-12-9/h7-8H,2-6H2,1H3. The van der Waals surface area contributed by atoms with Gasteiger partial charge in [-0.1, -0.05) is 4.49 Å². The number of esters is 1. The van der Waals surface area contributed by atoms with Crippen LogP contribution in [-0.2, 0) is 9.53 Å². The van der Waals surface area contributed by atoms with Crippen molar-refractivity contribution in [2.24, 2.45) is 5.92 Å². The minimum atomic E-state index is -0.153. The Morgan fingerprint density at radius 3 is 2.78 bits per heavy atom. The second-order valence-electron chi connectivity index (χ2n) is 4.11. The number of hydrogen-bond acceptors (Lipinski definition) is 6. The van der Waals surface area contributed by atoms with Gasteiger partial charge < -0.3 is 9.64 Å². The molecule has 0 saturated carbocycles. The molecule has 0 N–H and O–H groups in total. The van der Waals surface area contributed by atoms with Crippen LogP contribution < -0.4 is 0 Å². The van der Waals surface area contributed by atoms with Crippen molar-refractivity contribution in [1.82, 2.24) is 14.5 Å². The lowest BCUT2D eigenvalue weighted by Gasteiger charge is -2.30. The number of aromatic nitrogens is 2. The summed E-state index contributed by atoms with van der Waals surface area (Å²) in [6.45, 7) is 3.34. The molecule has 1 amide bonds. The second kappa shape index (κ2) is 5.90. The number of piperidine rings is 1. The molecule has 0 spiro atoms. The van der Waals surface area contributed by atoms with Gasteiger partial charge in [-0.3, -0.25) is 9.59 Å². The summed E-state index contributed by atoms with van der Waals surface area (Å²) in [4.78, 5) is 25.2. The summed E-state index contributed by atoms with van der Waals surface area (Å²) in [5, 5.41) is 5.40. The molecule has 0 radical (unpaired) electrons. The smallest absolute Gasteiger partial charge is 0.309 e. The van der Waals surface area contributed by atoms with Gasteiger partial charge in [-0.15, -0.1) is 5.10 Å². The SMILES string of the molecule is CCOC(=O)C1CCN(C(=O)c2csnn2)CC1.